The molecule has 1 aliphatic heterocycles. The van der Waals surface area contributed by atoms with Crippen LogP contribution in [0.1, 0.15) is 41.5 Å². The van der Waals surface area contributed by atoms with Crippen LogP contribution < -0.4 is 21.7 Å². The van der Waals surface area contributed by atoms with E-state index in [0.717, 1.165) is 22.3 Å². The summed E-state index contributed by atoms with van der Waals surface area (Å²) in [7, 11) is 0. The molecule has 4 amide bonds. The van der Waals surface area contributed by atoms with E-state index in [2.05, 4.69) is 16.0 Å². The number of halogens is 1. The molecule has 4 rings (SSSR count). The van der Waals surface area contributed by atoms with Gasteiger partial charge in [0, 0.05) is 43.1 Å². The summed E-state index contributed by atoms with van der Waals surface area (Å²) in [6.07, 6.45) is 0.455. The maximum Gasteiger partial charge on any atom is 0.246 e. The van der Waals surface area contributed by atoms with Gasteiger partial charge < -0.3 is 26.6 Å². The quantitative estimate of drug-likeness (QED) is 0.272. The van der Waals surface area contributed by atoms with Crippen LogP contribution in [-0.2, 0) is 38.7 Å². The number of fused-ring (bicyclic) bond motifs is 1. The van der Waals surface area contributed by atoms with Crippen LogP contribution in [0.2, 0.25) is 5.02 Å². The third-order valence-electron chi connectivity index (χ3n) is 7.28. The van der Waals surface area contributed by atoms with Crippen molar-refractivity contribution in [2.75, 3.05) is 11.9 Å². The second-order valence-electron chi connectivity index (χ2n) is 10.4. The zero-order valence-corrected chi connectivity index (χ0v) is 24.3. The molecule has 1 aliphatic rings. The first kappa shape index (κ1) is 30.7. The van der Waals surface area contributed by atoms with Gasteiger partial charge in [0.1, 0.15) is 12.1 Å². The number of nitrogens with one attached hydrogen (secondary N) is 3. The monoisotopic (exact) mass is 589 g/mol. The fourth-order valence-corrected chi connectivity index (χ4v) is 5.04. The number of carbonyl (C=O) groups excluding carboxylic acids is 4. The van der Waals surface area contributed by atoms with E-state index in [9.17, 15) is 19.2 Å². The number of benzene rings is 3. The topological polar surface area (TPSA) is 134 Å². The van der Waals surface area contributed by atoms with Crippen LogP contribution in [0.4, 0.5) is 5.69 Å². The van der Waals surface area contributed by atoms with Crippen LogP contribution in [0.25, 0.3) is 0 Å². The molecule has 0 fully saturated rings. The Bertz CT molecular complexity index is 1430. The van der Waals surface area contributed by atoms with E-state index in [1.165, 1.54) is 4.90 Å². The van der Waals surface area contributed by atoms with Gasteiger partial charge in [-0.1, -0.05) is 66.2 Å². The lowest BCUT2D eigenvalue weighted by atomic mass is 9.92. The van der Waals surface area contributed by atoms with Gasteiger partial charge in [0.2, 0.25) is 23.6 Å². The molecule has 3 aromatic carbocycles. The Morgan fingerprint density at radius 3 is 2.40 bits per heavy atom. The van der Waals surface area contributed by atoms with E-state index in [-0.39, 0.29) is 44.2 Å². The number of rotatable bonds is 11. The fourth-order valence-electron chi connectivity index (χ4n) is 4.92. The minimum absolute atomic E-state index is 0.00311. The van der Waals surface area contributed by atoms with Crippen molar-refractivity contribution in [1.82, 2.24) is 15.5 Å². The molecule has 1 heterocycles. The SMILES string of the molecule is Cc1cc(NC(=O)[C@H](CCN)NC(=O)[C@@H]2Cc3ccccc3CN2C(=O)CCC(=O)NCc2ccccc2)ccc1Cl. The maximum atomic E-state index is 13.6. The van der Waals surface area contributed by atoms with Gasteiger partial charge in [-0.2, -0.15) is 0 Å². The maximum absolute atomic E-state index is 13.6. The number of carbonyl (C=O) groups is 4. The van der Waals surface area contributed by atoms with Crippen LogP contribution in [0.5, 0.6) is 0 Å². The molecule has 10 heteroatoms. The van der Waals surface area contributed by atoms with Crippen LogP contribution >= 0.6 is 11.6 Å². The molecule has 9 nitrogen and oxygen atoms in total. The van der Waals surface area contributed by atoms with Gasteiger partial charge in [0.25, 0.3) is 0 Å². The minimum Gasteiger partial charge on any atom is -0.352 e. The normalized spacial score (nSPS) is 14.8. The van der Waals surface area contributed by atoms with Gasteiger partial charge >= 0.3 is 0 Å². The van der Waals surface area contributed by atoms with Crippen molar-refractivity contribution in [3.63, 3.8) is 0 Å². The first-order valence-corrected chi connectivity index (χ1v) is 14.4. The van der Waals surface area contributed by atoms with E-state index in [4.69, 9.17) is 17.3 Å². The Kier molecular flexibility index (Phi) is 10.7. The average Bonchev–Trinajstić information content (AvgIpc) is 3.00. The Balaban J connectivity index is 1.43. The van der Waals surface area contributed by atoms with E-state index in [1.807, 2.05) is 61.5 Å². The van der Waals surface area contributed by atoms with E-state index in [0.29, 0.717) is 23.7 Å². The summed E-state index contributed by atoms with van der Waals surface area (Å²) in [5.74, 6) is -1.43. The summed E-state index contributed by atoms with van der Waals surface area (Å²) in [4.78, 5) is 54.2. The highest BCUT2D eigenvalue weighted by Crippen LogP contribution is 2.25. The predicted molar refractivity (Wildman–Crippen MR) is 162 cm³/mol. The molecule has 2 atom stereocenters. The largest absolute Gasteiger partial charge is 0.352 e. The number of hydrogen-bond acceptors (Lipinski definition) is 5. The highest BCUT2D eigenvalue weighted by Gasteiger charge is 2.36. The van der Waals surface area contributed by atoms with Crippen molar-refractivity contribution in [2.45, 2.75) is 57.8 Å². The van der Waals surface area contributed by atoms with E-state index in [1.54, 1.807) is 18.2 Å². The van der Waals surface area contributed by atoms with Crippen molar-refractivity contribution >= 4 is 40.9 Å². The molecule has 0 saturated carbocycles. The van der Waals surface area contributed by atoms with Gasteiger partial charge in [-0.25, -0.2) is 0 Å². The zero-order chi connectivity index (χ0) is 30.1. The summed E-state index contributed by atoms with van der Waals surface area (Å²) in [6.45, 7) is 2.61. The molecule has 5 N–H and O–H groups in total. The summed E-state index contributed by atoms with van der Waals surface area (Å²) >= 11 is 6.10. The first-order chi connectivity index (χ1) is 20.2. The highest BCUT2D eigenvalue weighted by molar-refractivity contribution is 6.31. The van der Waals surface area contributed by atoms with Gasteiger partial charge in [0.05, 0.1) is 0 Å². The highest BCUT2D eigenvalue weighted by atomic mass is 35.5. The molecule has 0 spiro atoms. The van der Waals surface area contributed by atoms with Gasteiger partial charge in [-0.05, 0) is 60.3 Å². The number of amides is 4. The first-order valence-electron chi connectivity index (χ1n) is 14.0. The Hall–Kier alpha value is -4.21. The number of aryl methyl sites for hydroxylation is 1. The third kappa shape index (κ3) is 8.18. The lowest BCUT2D eigenvalue weighted by molar-refractivity contribution is -0.143. The molecule has 0 aromatic heterocycles. The van der Waals surface area contributed by atoms with Crippen molar-refractivity contribution in [1.29, 1.82) is 0 Å². The molecule has 3 aromatic rings. The van der Waals surface area contributed by atoms with Crippen LogP contribution in [0, 0.1) is 6.92 Å². The Morgan fingerprint density at radius 2 is 1.69 bits per heavy atom. The second kappa shape index (κ2) is 14.6. The molecular weight excluding hydrogens is 554 g/mol. The van der Waals surface area contributed by atoms with Crippen LogP contribution in [0.15, 0.2) is 72.8 Å². The minimum atomic E-state index is -0.906. The molecule has 0 saturated heterocycles. The van der Waals surface area contributed by atoms with E-state index < -0.39 is 23.9 Å². The van der Waals surface area contributed by atoms with Crippen molar-refractivity contribution < 1.29 is 19.2 Å². The summed E-state index contributed by atoms with van der Waals surface area (Å²) in [6, 6.07) is 20.5. The molecular formula is C32H36ClN5O4. The molecule has 0 bridgehead atoms. The Labute approximate surface area is 250 Å². The van der Waals surface area contributed by atoms with Crippen molar-refractivity contribution in [3.8, 4) is 0 Å². The van der Waals surface area contributed by atoms with Gasteiger partial charge in [0.15, 0.2) is 0 Å². The number of nitrogens with zero attached hydrogens (tertiary/aromatic N) is 1. The molecule has 220 valence electrons. The third-order valence-corrected chi connectivity index (χ3v) is 7.71. The standard InChI is InChI=1S/C32H36ClN5O4/c1-21-17-25(11-12-26(21)33)36-31(41)27(15-16-34)37-32(42)28-18-23-9-5-6-10-24(23)20-38(28)30(40)14-13-29(39)35-19-22-7-3-2-4-8-22/h2-12,17,27-28H,13-16,18-20,34H2,1H3,(H,35,39)(H,36,41)(H,37,42)/t27-,28-/m0/s1. The van der Waals surface area contributed by atoms with Crippen molar-refractivity contribution in [2.24, 2.45) is 5.73 Å². The lowest BCUT2D eigenvalue weighted by Crippen LogP contribution is -2.56. The smallest absolute Gasteiger partial charge is 0.246 e. The van der Waals surface area contributed by atoms with Crippen molar-refractivity contribution in [3.05, 3.63) is 100 Å². The number of anilines is 1. The van der Waals surface area contributed by atoms with Gasteiger partial charge in [-0.15, -0.1) is 0 Å². The summed E-state index contributed by atoms with van der Waals surface area (Å²) in [5, 5.41) is 9.05. The summed E-state index contributed by atoms with van der Waals surface area (Å²) in [5.41, 5.74) is 9.99. The van der Waals surface area contributed by atoms with Gasteiger partial charge in [-0.3, -0.25) is 19.2 Å². The number of hydrogen-bond donors (Lipinski definition) is 4. The van der Waals surface area contributed by atoms with Crippen LogP contribution in [-0.4, -0.2) is 47.2 Å². The number of nitrogens with two attached hydrogens (primary N) is 1. The predicted octanol–water partition coefficient (Wildman–Crippen LogP) is 3.47. The molecule has 42 heavy (non-hydrogen) atoms. The Morgan fingerprint density at radius 1 is 0.976 bits per heavy atom. The summed E-state index contributed by atoms with van der Waals surface area (Å²) < 4.78 is 0. The van der Waals surface area contributed by atoms with E-state index >= 15 is 0 Å². The molecule has 0 unspecified atom stereocenters. The second-order valence-corrected chi connectivity index (χ2v) is 10.8. The molecule has 0 radical (unpaired) electrons. The fraction of sp³-hybridized carbons (Fsp3) is 0.312. The van der Waals surface area contributed by atoms with Crippen LogP contribution in [0.3, 0.4) is 0 Å². The zero-order valence-electron chi connectivity index (χ0n) is 23.6. The molecule has 0 aliphatic carbocycles. The lowest BCUT2D eigenvalue weighted by Gasteiger charge is -2.36. The average molecular weight is 590 g/mol.